The number of hydrogen-bond donors (Lipinski definition) is 0. The van der Waals surface area contributed by atoms with Crippen LogP contribution >= 0.6 is 23.2 Å². The van der Waals surface area contributed by atoms with E-state index in [1.54, 1.807) is 36.5 Å². The average molecular weight is 452 g/mol. The first kappa shape index (κ1) is 20.4. The largest absolute Gasteiger partial charge is 0.439 e. The molecule has 0 spiro atoms. The van der Waals surface area contributed by atoms with Crippen molar-refractivity contribution >= 4 is 33.2 Å². The summed E-state index contributed by atoms with van der Waals surface area (Å²) in [5.74, 6) is 1.28. The number of aromatic nitrogens is 1. The van der Waals surface area contributed by atoms with Crippen molar-refractivity contribution in [2.24, 2.45) is 0 Å². The number of oxazole rings is 1. The maximum Gasteiger partial charge on any atom is 0.243 e. The molecule has 3 aromatic rings. The van der Waals surface area contributed by atoms with Gasteiger partial charge in [-0.3, -0.25) is 4.90 Å². The summed E-state index contributed by atoms with van der Waals surface area (Å²) in [4.78, 5) is 6.69. The third-order valence-electron chi connectivity index (χ3n) is 4.81. The molecule has 0 N–H and O–H groups in total. The molecule has 0 unspecified atom stereocenters. The molecule has 1 aliphatic heterocycles. The molecule has 6 nitrogen and oxygen atoms in total. The lowest BCUT2D eigenvalue weighted by atomic mass is 10.2. The Balaban J connectivity index is 1.37. The van der Waals surface area contributed by atoms with E-state index in [1.165, 1.54) is 10.4 Å². The highest BCUT2D eigenvalue weighted by Crippen LogP contribution is 2.24. The molecule has 1 fully saturated rings. The molecule has 0 saturated carbocycles. The van der Waals surface area contributed by atoms with Crippen LogP contribution in [0.15, 0.2) is 64.0 Å². The lowest BCUT2D eigenvalue weighted by Crippen LogP contribution is -2.48. The molecule has 1 saturated heterocycles. The molecule has 0 atom stereocenters. The van der Waals surface area contributed by atoms with Crippen molar-refractivity contribution in [3.63, 3.8) is 0 Å². The second-order valence-electron chi connectivity index (χ2n) is 6.76. The van der Waals surface area contributed by atoms with Crippen LogP contribution in [0.25, 0.3) is 11.3 Å². The number of piperazine rings is 1. The first-order valence-electron chi connectivity index (χ1n) is 9.10. The van der Waals surface area contributed by atoms with Crippen LogP contribution in [0, 0.1) is 0 Å². The Morgan fingerprint density at radius 1 is 0.966 bits per heavy atom. The van der Waals surface area contributed by atoms with Gasteiger partial charge >= 0.3 is 0 Å². The molecule has 9 heteroatoms. The van der Waals surface area contributed by atoms with Crippen LogP contribution in [0.3, 0.4) is 0 Å². The number of sulfonamides is 1. The van der Waals surface area contributed by atoms with Gasteiger partial charge in [-0.25, -0.2) is 13.4 Å². The maximum absolute atomic E-state index is 12.8. The van der Waals surface area contributed by atoms with E-state index in [0.717, 1.165) is 5.56 Å². The van der Waals surface area contributed by atoms with E-state index in [0.29, 0.717) is 54.4 Å². The molecular weight excluding hydrogens is 433 g/mol. The molecule has 29 heavy (non-hydrogen) atoms. The molecule has 0 amide bonds. The van der Waals surface area contributed by atoms with Gasteiger partial charge in [0.25, 0.3) is 0 Å². The Morgan fingerprint density at radius 2 is 1.69 bits per heavy atom. The second kappa shape index (κ2) is 8.45. The average Bonchev–Trinajstić information content (AvgIpc) is 3.17. The summed E-state index contributed by atoms with van der Waals surface area (Å²) >= 11 is 11.9. The normalized spacial score (nSPS) is 16.2. The summed E-state index contributed by atoms with van der Waals surface area (Å²) in [6.45, 7) is 2.52. The van der Waals surface area contributed by atoms with Crippen LogP contribution in [0.5, 0.6) is 0 Å². The van der Waals surface area contributed by atoms with Gasteiger partial charge in [-0.2, -0.15) is 4.31 Å². The van der Waals surface area contributed by atoms with E-state index in [9.17, 15) is 8.42 Å². The highest BCUT2D eigenvalue weighted by Gasteiger charge is 2.29. The molecule has 0 bridgehead atoms. The van der Waals surface area contributed by atoms with E-state index in [1.807, 2.05) is 12.1 Å². The van der Waals surface area contributed by atoms with E-state index >= 15 is 0 Å². The molecule has 2 aromatic carbocycles. The predicted octanol–water partition coefficient (Wildman–Crippen LogP) is 4.15. The Bertz CT molecular complexity index is 1090. The van der Waals surface area contributed by atoms with Gasteiger partial charge in [0, 0.05) is 41.8 Å². The molecule has 2 heterocycles. The lowest BCUT2D eigenvalue weighted by Gasteiger charge is -2.33. The van der Waals surface area contributed by atoms with Gasteiger partial charge in [0.2, 0.25) is 15.9 Å². The zero-order valence-electron chi connectivity index (χ0n) is 15.5. The summed E-state index contributed by atoms with van der Waals surface area (Å²) in [5, 5.41) is 1.07. The number of halogens is 2. The fourth-order valence-electron chi connectivity index (χ4n) is 3.23. The van der Waals surface area contributed by atoms with Gasteiger partial charge in [-0.1, -0.05) is 29.3 Å². The van der Waals surface area contributed by atoms with Crippen molar-refractivity contribution in [2.45, 2.75) is 11.4 Å². The number of hydrogen-bond acceptors (Lipinski definition) is 5. The van der Waals surface area contributed by atoms with Crippen molar-refractivity contribution in [3.8, 4) is 11.3 Å². The van der Waals surface area contributed by atoms with Crippen LogP contribution < -0.4 is 0 Å². The van der Waals surface area contributed by atoms with Gasteiger partial charge in [0.1, 0.15) is 0 Å². The monoisotopic (exact) mass is 451 g/mol. The van der Waals surface area contributed by atoms with Crippen molar-refractivity contribution < 1.29 is 12.8 Å². The first-order chi connectivity index (χ1) is 13.9. The van der Waals surface area contributed by atoms with E-state index in [2.05, 4.69) is 9.88 Å². The van der Waals surface area contributed by atoms with Crippen LogP contribution in [-0.4, -0.2) is 48.8 Å². The zero-order valence-corrected chi connectivity index (χ0v) is 17.8. The van der Waals surface area contributed by atoms with Crippen molar-refractivity contribution in [1.82, 2.24) is 14.2 Å². The van der Waals surface area contributed by atoms with Crippen molar-refractivity contribution in [3.05, 3.63) is 70.7 Å². The van der Waals surface area contributed by atoms with Gasteiger partial charge in [0.05, 0.1) is 17.6 Å². The van der Waals surface area contributed by atoms with Crippen LogP contribution in [0.4, 0.5) is 0 Å². The van der Waals surface area contributed by atoms with Crippen molar-refractivity contribution in [2.75, 3.05) is 26.2 Å². The maximum atomic E-state index is 12.8. The minimum atomic E-state index is -3.54. The Kier molecular flexibility index (Phi) is 5.94. The third-order valence-corrected chi connectivity index (χ3v) is 7.19. The second-order valence-corrected chi connectivity index (χ2v) is 9.57. The quantitative estimate of drug-likeness (QED) is 0.582. The smallest absolute Gasteiger partial charge is 0.243 e. The summed E-state index contributed by atoms with van der Waals surface area (Å²) in [6, 6.07) is 13.7. The summed E-state index contributed by atoms with van der Waals surface area (Å²) in [5.41, 5.74) is 0.908. The topological polar surface area (TPSA) is 66.7 Å². The molecule has 0 radical (unpaired) electrons. The van der Waals surface area contributed by atoms with E-state index in [4.69, 9.17) is 27.6 Å². The first-order valence-corrected chi connectivity index (χ1v) is 11.3. The van der Waals surface area contributed by atoms with Gasteiger partial charge < -0.3 is 4.42 Å². The summed E-state index contributed by atoms with van der Waals surface area (Å²) in [7, 11) is -3.54. The van der Waals surface area contributed by atoms with Crippen molar-refractivity contribution in [1.29, 1.82) is 0 Å². The Hall–Kier alpha value is -1.90. The summed E-state index contributed by atoms with van der Waals surface area (Å²) < 4.78 is 32.9. The SMILES string of the molecule is O=S(=O)(c1cccc(Cl)c1)N1CCN(Cc2ncc(-c3ccc(Cl)cc3)o2)CC1. The fourth-order valence-corrected chi connectivity index (χ4v) is 5.08. The van der Waals surface area contributed by atoms with Crippen LogP contribution in [-0.2, 0) is 16.6 Å². The molecule has 152 valence electrons. The fraction of sp³-hybridized carbons (Fsp3) is 0.250. The standard InChI is InChI=1S/C20H19Cl2N3O3S/c21-16-6-4-15(5-7-16)19-13-23-20(28-19)14-24-8-10-25(11-9-24)29(26,27)18-3-1-2-17(22)12-18/h1-7,12-13H,8-11,14H2. The van der Waals surface area contributed by atoms with Crippen LogP contribution in [0.1, 0.15) is 5.89 Å². The zero-order chi connectivity index (χ0) is 20.4. The number of rotatable bonds is 5. The van der Waals surface area contributed by atoms with E-state index in [-0.39, 0.29) is 4.90 Å². The minimum Gasteiger partial charge on any atom is -0.439 e. The molecule has 1 aromatic heterocycles. The highest BCUT2D eigenvalue weighted by atomic mass is 35.5. The number of benzene rings is 2. The van der Waals surface area contributed by atoms with E-state index < -0.39 is 10.0 Å². The molecule has 4 rings (SSSR count). The summed E-state index contributed by atoms with van der Waals surface area (Å²) in [6.07, 6.45) is 1.69. The molecule has 0 aliphatic carbocycles. The minimum absolute atomic E-state index is 0.221. The van der Waals surface area contributed by atoms with Gasteiger partial charge in [0.15, 0.2) is 5.76 Å². The Labute approximate surface area is 179 Å². The number of nitrogens with zero attached hydrogens (tertiary/aromatic N) is 3. The molecular formula is C20H19Cl2N3O3S. The Morgan fingerprint density at radius 3 is 2.38 bits per heavy atom. The lowest BCUT2D eigenvalue weighted by molar-refractivity contribution is 0.168. The van der Waals surface area contributed by atoms with Crippen LogP contribution in [0.2, 0.25) is 10.0 Å². The molecule has 1 aliphatic rings. The van der Waals surface area contributed by atoms with Gasteiger partial charge in [-0.15, -0.1) is 0 Å². The van der Waals surface area contributed by atoms with Gasteiger partial charge in [-0.05, 0) is 42.5 Å². The third kappa shape index (κ3) is 4.65. The highest BCUT2D eigenvalue weighted by molar-refractivity contribution is 7.89. The predicted molar refractivity (Wildman–Crippen MR) is 112 cm³/mol.